The number of hydrogen-bond acceptors (Lipinski definition) is 0. The SMILES string of the molecule is CCC=C[C@H]1CC[C@H](c2ccc(-c3ccc(F)c(F)c3)cc2)CC1. The van der Waals surface area contributed by atoms with E-state index in [1.54, 1.807) is 6.07 Å². The van der Waals surface area contributed by atoms with Crippen molar-refractivity contribution in [1.29, 1.82) is 0 Å². The van der Waals surface area contributed by atoms with Crippen LogP contribution in [0.2, 0.25) is 0 Å². The van der Waals surface area contributed by atoms with Crippen molar-refractivity contribution in [3.8, 4) is 11.1 Å². The molecule has 0 heterocycles. The van der Waals surface area contributed by atoms with Gasteiger partial charge in [0, 0.05) is 0 Å². The summed E-state index contributed by atoms with van der Waals surface area (Å²) in [7, 11) is 0. The third kappa shape index (κ3) is 3.92. The van der Waals surface area contributed by atoms with Gasteiger partial charge >= 0.3 is 0 Å². The molecule has 0 amide bonds. The van der Waals surface area contributed by atoms with Gasteiger partial charge in [-0.15, -0.1) is 0 Å². The molecule has 2 aromatic carbocycles. The van der Waals surface area contributed by atoms with E-state index in [0.29, 0.717) is 11.5 Å². The Hall–Kier alpha value is -1.96. The number of allylic oxidation sites excluding steroid dienone is 2. The summed E-state index contributed by atoms with van der Waals surface area (Å²) in [4.78, 5) is 0. The van der Waals surface area contributed by atoms with E-state index < -0.39 is 11.6 Å². The van der Waals surface area contributed by atoms with E-state index in [-0.39, 0.29) is 0 Å². The van der Waals surface area contributed by atoms with Crippen LogP contribution < -0.4 is 0 Å². The van der Waals surface area contributed by atoms with Crippen molar-refractivity contribution < 1.29 is 8.78 Å². The van der Waals surface area contributed by atoms with E-state index in [1.165, 1.54) is 43.4 Å². The minimum atomic E-state index is -0.802. The highest BCUT2D eigenvalue weighted by atomic mass is 19.2. The van der Waals surface area contributed by atoms with Crippen LogP contribution in [0.4, 0.5) is 8.78 Å². The Morgan fingerprint density at radius 1 is 0.875 bits per heavy atom. The fraction of sp³-hybridized carbons (Fsp3) is 0.364. The van der Waals surface area contributed by atoms with E-state index in [0.717, 1.165) is 17.9 Å². The fourth-order valence-corrected chi connectivity index (χ4v) is 3.60. The molecule has 2 heteroatoms. The topological polar surface area (TPSA) is 0 Å². The van der Waals surface area contributed by atoms with Gasteiger partial charge in [0.2, 0.25) is 0 Å². The quantitative estimate of drug-likeness (QED) is 0.538. The Kier molecular flexibility index (Phi) is 5.44. The van der Waals surface area contributed by atoms with Crippen molar-refractivity contribution in [2.45, 2.75) is 44.9 Å². The average Bonchev–Trinajstić information content (AvgIpc) is 2.63. The smallest absolute Gasteiger partial charge is 0.159 e. The zero-order valence-electron chi connectivity index (χ0n) is 14.1. The van der Waals surface area contributed by atoms with Gasteiger partial charge in [-0.05, 0) is 72.8 Å². The lowest BCUT2D eigenvalue weighted by atomic mass is 9.78. The van der Waals surface area contributed by atoms with Crippen LogP contribution in [0, 0.1) is 17.6 Å². The standard InChI is InChI=1S/C22H24F2/c1-2-3-4-16-5-7-17(8-6-16)18-9-11-19(12-10-18)20-13-14-21(23)22(24)15-20/h3-4,9-17H,2,5-8H2,1H3/t16-,17-. The molecule has 0 N–H and O–H groups in total. The van der Waals surface area contributed by atoms with Crippen molar-refractivity contribution in [2.24, 2.45) is 5.92 Å². The maximum atomic E-state index is 13.4. The molecule has 0 saturated heterocycles. The molecule has 0 aromatic heterocycles. The highest BCUT2D eigenvalue weighted by Crippen LogP contribution is 2.37. The monoisotopic (exact) mass is 326 g/mol. The summed E-state index contributed by atoms with van der Waals surface area (Å²) >= 11 is 0. The molecule has 1 aliphatic rings. The Bertz CT molecular complexity index is 692. The maximum Gasteiger partial charge on any atom is 0.159 e. The minimum absolute atomic E-state index is 0.621. The van der Waals surface area contributed by atoms with E-state index in [2.05, 4.69) is 31.2 Å². The van der Waals surface area contributed by atoms with Crippen molar-refractivity contribution in [1.82, 2.24) is 0 Å². The van der Waals surface area contributed by atoms with Gasteiger partial charge in [-0.3, -0.25) is 0 Å². The molecule has 0 spiro atoms. The van der Waals surface area contributed by atoms with Crippen LogP contribution in [0.1, 0.15) is 50.5 Å². The predicted molar refractivity (Wildman–Crippen MR) is 95.9 cm³/mol. The van der Waals surface area contributed by atoms with Crippen LogP contribution in [0.25, 0.3) is 11.1 Å². The molecule has 0 nitrogen and oxygen atoms in total. The lowest BCUT2D eigenvalue weighted by Crippen LogP contribution is -2.11. The summed E-state index contributed by atoms with van der Waals surface area (Å²) in [5.41, 5.74) is 3.00. The third-order valence-corrected chi connectivity index (χ3v) is 5.05. The Morgan fingerprint density at radius 3 is 2.17 bits per heavy atom. The number of rotatable bonds is 4. The second kappa shape index (κ2) is 7.74. The summed E-state index contributed by atoms with van der Waals surface area (Å²) in [5.74, 6) is -0.239. The van der Waals surface area contributed by atoms with Crippen LogP contribution >= 0.6 is 0 Å². The first-order valence-corrected chi connectivity index (χ1v) is 8.89. The largest absolute Gasteiger partial charge is 0.204 e. The first kappa shape index (κ1) is 16.9. The molecule has 1 saturated carbocycles. The van der Waals surface area contributed by atoms with E-state index in [9.17, 15) is 8.78 Å². The van der Waals surface area contributed by atoms with Crippen LogP contribution in [-0.2, 0) is 0 Å². The zero-order valence-corrected chi connectivity index (χ0v) is 14.1. The average molecular weight is 326 g/mol. The molecule has 0 radical (unpaired) electrons. The zero-order chi connectivity index (χ0) is 16.9. The molecule has 3 rings (SSSR count). The first-order chi connectivity index (χ1) is 11.7. The van der Waals surface area contributed by atoms with Gasteiger partial charge in [0.15, 0.2) is 11.6 Å². The van der Waals surface area contributed by atoms with Gasteiger partial charge < -0.3 is 0 Å². The highest BCUT2D eigenvalue weighted by Gasteiger charge is 2.20. The lowest BCUT2D eigenvalue weighted by molar-refractivity contribution is 0.375. The second-order valence-corrected chi connectivity index (χ2v) is 6.70. The van der Waals surface area contributed by atoms with Gasteiger partial charge in [-0.2, -0.15) is 0 Å². The summed E-state index contributed by atoms with van der Waals surface area (Å²) < 4.78 is 26.4. The summed E-state index contributed by atoms with van der Waals surface area (Å²) in [6.07, 6.45) is 10.7. The van der Waals surface area contributed by atoms with Crippen LogP contribution in [0.15, 0.2) is 54.6 Å². The number of halogens is 2. The molecular weight excluding hydrogens is 302 g/mol. The van der Waals surface area contributed by atoms with Crippen molar-refractivity contribution in [2.75, 3.05) is 0 Å². The normalized spacial score (nSPS) is 21.3. The molecule has 0 bridgehead atoms. The van der Waals surface area contributed by atoms with E-state index in [1.807, 2.05) is 12.1 Å². The van der Waals surface area contributed by atoms with Crippen molar-refractivity contribution in [3.63, 3.8) is 0 Å². The molecule has 24 heavy (non-hydrogen) atoms. The van der Waals surface area contributed by atoms with Crippen molar-refractivity contribution >= 4 is 0 Å². The molecule has 0 unspecified atom stereocenters. The maximum absolute atomic E-state index is 13.4. The van der Waals surface area contributed by atoms with Gasteiger partial charge in [-0.25, -0.2) is 8.78 Å². The molecule has 0 aliphatic heterocycles. The van der Waals surface area contributed by atoms with Gasteiger partial charge in [-0.1, -0.05) is 49.4 Å². The second-order valence-electron chi connectivity index (χ2n) is 6.70. The van der Waals surface area contributed by atoms with Crippen molar-refractivity contribution in [3.05, 3.63) is 71.8 Å². The van der Waals surface area contributed by atoms with Crippen LogP contribution in [-0.4, -0.2) is 0 Å². The van der Waals surface area contributed by atoms with Gasteiger partial charge in [0.1, 0.15) is 0 Å². The fourth-order valence-electron chi connectivity index (χ4n) is 3.60. The first-order valence-electron chi connectivity index (χ1n) is 8.89. The molecule has 126 valence electrons. The summed E-state index contributed by atoms with van der Waals surface area (Å²) in [5, 5.41) is 0. The number of benzene rings is 2. The van der Waals surface area contributed by atoms with E-state index in [4.69, 9.17) is 0 Å². The Morgan fingerprint density at radius 2 is 1.54 bits per heavy atom. The molecule has 2 aromatic rings. The summed E-state index contributed by atoms with van der Waals surface area (Å²) in [6, 6.07) is 12.4. The number of hydrogen-bond donors (Lipinski definition) is 0. The van der Waals surface area contributed by atoms with Gasteiger partial charge in [0.05, 0.1) is 0 Å². The molecular formula is C22H24F2. The van der Waals surface area contributed by atoms with Crippen LogP contribution in [0.5, 0.6) is 0 Å². The lowest BCUT2D eigenvalue weighted by Gasteiger charge is -2.27. The van der Waals surface area contributed by atoms with Gasteiger partial charge in [0.25, 0.3) is 0 Å². The minimum Gasteiger partial charge on any atom is -0.204 e. The van der Waals surface area contributed by atoms with Crippen LogP contribution in [0.3, 0.4) is 0 Å². The Labute approximate surface area is 143 Å². The highest BCUT2D eigenvalue weighted by molar-refractivity contribution is 5.63. The predicted octanol–water partition coefficient (Wildman–Crippen LogP) is 6.87. The molecule has 0 atom stereocenters. The Balaban J connectivity index is 1.67. The molecule has 1 aliphatic carbocycles. The molecule has 1 fully saturated rings. The summed E-state index contributed by atoms with van der Waals surface area (Å²) in [6.45, 7) is 2.18. The third-order valence-electron chi connectivity index (χ3n) is 5.05. The van der Waals surface area contributed by atoms with E-state index >= 15 is 0 Å².